The van der Waals surface area contributed by atoms with E-state index in [1.54, 1.807) is 16.8 Å². The van der Waals surface area contributed by atoms with Crippen molar-refractivity contribution >= 4 is 11.9 Å². The van der Waals surface area contributed by atoms with Gasteiger partial charge in [0.1, 0.15) is 0 Å². The largest absolute Gasteiger partial charge is 0.479 e. The van der Waals surface area contributed by atoms with Gasteiger partial charge < -0.3 is 10.4 Å². The van der Waals surface area contributed by atoms with Crippen LogP contribution in [0.2, 0.25) is 0 Å². The van der Waals surface area contributed by atoms with Gasteiger partial charge >= 0.3 is 5.97 Å². The first-order valence-corrected chi connectivity index (χ1v) is 8.33. The molecule has 2 aromatic rings. The molecule has 1 aromatic carbocycles. The highest BCUT2D eigenvalue weighted by Gasteiger charge is 2.25. The van der Waals surface area contributed by atoms with E-state index in [0.29, 0.717) is 23.6 Å². The Kier molecular flexibility index (Phi) is 5.62. The molecule has 0 fully saturated rings. The van der Waals surface area contributed by atoms with Crippen LogP contribution in [-0.2, 0) is 11.3 Å². The number of aromatic nitrogens is 2. The Morgan fingerprint density at radius 3 is 2.28 bits per heavy atom. The average Bonchev–Trinajstić information content (AvgIpc) is 2.83. The van der Waals surface area contributed by atoms with Crippen LogP contribution in [0.1, 0.15) is 52.6 Å². The van der Waals surface area contributed by atoms with Gasteiger partial charge in [-0.05, 0) is 32.3 Å². The molecule has 2 N–H and O–H groups in total. The third-order valence-electron chi connectivity index (χ3n) is 3.99. The first-order chi connectivity index (χ1) is 11.7. The van der Waals surface area contributed by atoms with E-state index >= 15 is 0 Å². The van der Waals surface area contributed by atoms with E-state index in [-0.39, 0.29) is 0 Å². The maximum absolute atomic E-state index is 12.6. The number of carboxylic acid groups (broad SMARTS) is 1. The Morgan fingerprint density at radius 2 is 1.76 bits per heavy atom. The van der Waals surface area contributed by atoms with Crippen LogP contribution in [0, 0.1) is 26.7 Å². The summed E-state index contributed by atoms with van der Waals surface area (Å²) in [6.07, 6.45) is 1.49. The van der Waals surface area contributed by atoms with E-state index in [4.69, 9.17) is 0 Å². The summed E-state index contributed by atoms with van der Waals surface area (Å²) in [5, 5.41) is 16.4. The van der Waals surface area contributed by atoms with Gasteiger partial charge in [-0.3, -0.25) is 9.48 Å². The van der Waals surface area contributed by atoms with Gasteiger partial charge in [-0.1, -0.05) is 43.2 Å². The lowest BCUT2D eigenvalue weighted by atomic mass is 10.0. The van der Waals surface area contributed by atoms with Crippen LogP contribution in [0.4, 0.5) is 0 Å². The number of aryl methyl sites for hydroxylation is 2. The third-order valence-corrected chi connectivity index (χ3v) is 3.99. The Balaban J connectivity index is 2.27. The molecule has 2 rings (SSSR count). The minimum atomic E-state index is -1.10. The zero-order valence-corrected chi connectivity index (χ0v) is 15.3. The second kappa shape index (κ2) is 7.51. The molecule has 6 nitrogen and oxygen atoms in total. The molecule has 0 radical (unpaired) electrons. The average molecular weight is 343 g/mol. The Bertz CT molecular complexity index is 773. The zero-order chi connectivity index (χ0) is 18.7. The number of carbonyl (C=O) groups is 2. The van der Waals surface area contributed by atoms with Crippen LogP contribution < -0.4 is 5.32 Å². The summed E-state index contributed by atoms with van der Waals surface area (Å²) in [5.41, 5.74) is 3.60. The van der Waals surface area contributed by atoms with Crippen molar-refractivity contribution in [3.05, 3.63) is 52.3 Å². The van der Waals surface area contributed by atoms with Gasteiger partial charge in [0.25, 0.3) is 5.91 Å². The lowest BCUT2D eigenvalue weighted by Crippen LogP contribution is -2.34. The summed E-state index contributed by atoms with van der Waals surface area (Å²) in [6, 6.07) is 4.42. The number of hydrogen-bond donors (Lipinski definition) is 2. The van der Waals surface area contributed by atoms with E-state index in [9.17, 15) is 14.7 Å². The highest BCUT2D eigenvalue weighted by Crippen LogP contribution is 2.19. The van der Waals surface area contributed by atoms with Crippen molar-refractivity contribution in [3.63, 3.8) is 0 Å². The molecule has 0 aliphatic heterocycles. The zero-order valence-electron chi connectivity index (χ0n) is 15.3. The lowest BCUT2D eigenvalue weighted by molar-refractivity contribution is -0.139. The van der Waals surface area contributed by atoms with Crippen LogP contribution in [0.3, 0.4) is 0 Å². The van der Waals surface area contributed by atoms with Gasteiger partial charge in [-0.2, -0.15) is 5.10 Å². The summed E-state index contributed by atoms with van der Waals surface area (Å²) in [7, 11) is 0. The molecule has 1 aromatic heterocycles. The summed E-state index contributed by atoms with van der Waals surface area (Å²) in [5.74, 6) is -1.12. The molecule has 1 atom stereocenters. The predicted molar refractivity (Wildman–Crippen MR) is 95.6 cm³/mol. The molecule has 134 valence electrons. The van der Waals surface area contributed by atoms with Crippen molar-refractivity contribution < 1.29 is 14.7 Å². The molecule has 0 aliphatic rings. The van der Waals surface area contributed by atoms with Gasteiger partial charge in [-0.25, -0.2) is 4.79 Å². The number of carbonyl (C=O) groups excluding carboxylic acids is 1. The molecule has 6 heteroatoms. The van der Waals surface area contributed by atoms with Crippen molar-refractivity contribution in [2.24, 2.45) is 5.92 Å². The molecule has 1 heterocycles. The quantitative estimate of drug-likeness (QED) is 0.844. The summed E-state index contributed by atoms with van der Waals surface area (Å²) in [4.78, 5) is 24.3. The molecule has 0 aliphatic carbocycles. The van der Waals surface area contributed by atoms with Crippen molar-refractivity contribution in [3.8, 4) is 0 Å². The number of nitrogens with zero attached hydrogens (tertiary/aromatic N) is 2. The van der Waals surface area contributed by atoms with Crippen molar-refractivity contribution in [1.29, 1.82) is 0 Å². The smallest absolute Gasteiger partial charge is 0.330 e. The summed E-state index contributed by atoms with van der Waals surface area (Å²) < 4.78 is 1.77. The van der Waals surface area contributed by atoms with Crippen LogP contribution in [0.5, 0.6) is 0 Å². The molecular formula is C19H25N3O3. The topological polar surface area (TPSA) is 84.2 Å². The Hall–Kier alpha value is -2.63. The Morgan fingerprint density at radius 1 is 1.16 bits per heavy atom. The van der Waals surface area contributed by atoms with Gasteiger partial charge in [0.05, 0.1) is 11.8 Å². The van der Waals surface area contributed by atoms with Gasteiger partial charge in [0, 0.05) is 12.2 Å². The highest BCUT2D eigenvalue weighted by atomic mass is 16.4. The maximum atomic E-state index is 12.6. The highest BCUT2D eigenvalue weighted by molar-refractivity contribution is 5.97. The fourth-order valence-electron chi connectivity index (χ4n) is 2.87. The normalized spacial score (nSPS) is 12.2. The third kappa shape index (κ3) is 4.47. The predicted octanol–water partition coefficient (Wildman–Crippen LogP) is 3.02. The fourth-order valence-corrected chi connectivity index (χ4v) is 2.87. The van der Waals surface area contributed by atoms with Crippen LogP contribution >= 0.6 is 0 Å². The molecule has 1 amide bonds. The molecule has 0 spiro atoms. The fraction of sp³-hybridized carbons (Fsp3) is 0.421. The van der Waals surface area contributed by atoms with Crippen molar-refractivity contribution in [2.75, 3.05) is 0 Å². The number of carboxylic acids is 1. The number of benzene rings is 1. The minimum absolute atomic E-state index is 0.399. The van der Waals surface area contributed by atoms with E-state index in [1.165, 1.54) is 6.20 Å². The second-order valence-corrected chi connectivity index (χ2v) is 6.89. The molecular weight excluding hydrogens is 318 g/mol. The Labute approximate surface area is 147 Å². The number of nitrogens with one attached hydrogen (secondary N) is 1. The van der Waals surface area contributed by atoms with E-state index in [0.717, 1.165) is 16.8 Å². The molecule has 1 unspecified atom stereocenters. The first kappa shape index (κ1) is 18.7. The minimum Gasteiger partial charge on any atom is -0.479 e. The summed E-state index contributed by atoms with van der Waals surface area (Å²) in [6.45, 7) is 10.5. The number of aliphatic carboxylic acids is 1. The van der Waals surface area contributed by atoms with Crippen LogP contribution in [0.25, 0.3) is 0 Å². The number of amides is 1. The standard InChI is InChI=1S/C19H25N3O3/c1-11(2)10-22-14(5)16(9-20-22)18(23)21-17(19(24)25)15-7-12(3)6-13(4)8-15/h6-9,11,17H,10H2,1-5H3,(H,21,23)(H,24,25). The summed E-state index contributed by atoms with van der Waals surface area (Å²) >= 11 is 0. The van der Waals surface area contributed by atoms with Crippen molar-refractivity contribution in [2.45, 2.75) is 47.2 Å². The number of rotatable bonds is 6. The monoisotopic (exact) mass is 343 g/mol. The molecule has 0 bridgehead atoms. The molecule has 25 heavy (non-hydrogen) atoms. The lowest BCUT2D eigenvalue weighted by Gasteiger charge is -2.16. The van der Waals surface area contributed by atoms with Gasteiger partial charge in [0.15, 0.2) is 6.04 Å². The van der Waals surface area contributed by atoms with Crippen LogP contribution in [0.15, 0.2) is 24.4 Å². The maximum Gasteiger partial charge on any atom is 0.330 e. The van der Waals surface area contributed by atoms with Crippen LogP contribution in [-0.4, -0.2) is 26.8 Å². The van der Waals surface area contributed by atoms with E-state index in [2.05, 4.69) is 24.3 Å². The number of hydrogen-bond acceptors (Lipinski definition) is 3. The molecule has 0 saturated carbocycles. The van der Waals surface area contributed by atoms with Crippen molar-refractivity contribution in [1.82, 2.24) is 15.1 Å². The SMILES string of the molecule is Cc1cc(C)cc(C(NC(=O)c2cnn(CC(C)C)c2C)C(=O)O)c1. The second-order valence-electron chi connectivity index (χ2n) is 6.89. The van der Waals surface area contributed by atoms with Gasteiger partial charge in [0.2, 0.25) is 0 Å². The van der Waals surface area contributed by atoms with E-state index in [1.807, 2.05) is 26.8 Å². The van der Waals surface area contributed by atoms with E-state index < -0.39 is 17.9 Å². The first-order valence-electron chi connectivity index (χ1n) is 8.33. The van der Waals surface area contributed by atoms with Gasteiger partial charge in [-0.15, -0.1) is 0 Å². The molecule has 0 saturated heterocycles.